The molecule has 2 rings (SSSR count). The normalized spacial score (nSPS) is 11.0. The molecule has 0 aliphatic rings. The van der Waals surface area contributed by atoms with Gasteiger partial charge in [-0.1, -0.05) is 25.1 Å². The van der Waals surface area contributed by atoms with Gasteiger partial charge in [0.05, 0.1) is 12.3 Å². The van der Waals surface area contributed by atoms with Gasteiger partial charge in [0, 0.05) is 19.3 Å². The Bertz CT molecular complexity index is 591. The van der Waals surface area contributed by atoms with Gasteiger partial charge in [-0.15, -0.1) is 0 Å². The molecule has 0 amide bonds. The van der Waals surface area contributed by atoms with Crippen LogP contribution in [0.5, 0.6) is 5.75 Å². The largest absolute Gasteiger partial charge is 0.487 e. The third-order valence-corrected chi connectivity index (χ3v) is 3.88. The molecule has 0 radical (unpaired) electrons. The number of aromatic nitrogens is 1. The monoisotopic (exact) mass is 314 g/mol. The van der Waals surface area contributed by atoms with Gasteiger partial charge in [-0.3, -0.25) is 9.88 Å². The van der Waals surface area contributed by atoms with Crippen LogP contribution in [0.15, 0.2) is 36.5 Å². The smallest absolute Gasteiger partial charge is 0.130 e. The summed E-state index contributed by atoms with van der Waals surface area (Å²) >= 11 is 0. The molecule has 0 bridgehead atoms. The molecule has 0 aliphatic carbocycles. The number of aliphatic hydroxyl groups is 1. The Morgan fingerprint density at radius 2 is 1.91 bits per heavy atom. The summed E-state index contributed by atoms with van der Waals surface area (Å²) in [5, 5.41) is 9.11. The molecule has 2 aromatic rings. The molecule has 4 heteroatoms. The molecular formula is C19H26N2O2. The Kier molecular flexibility index (Phi) is 6.56. The van der Waals surface area contributed by atoms with Crippen LogP contribution in [0, 0.1) is 13.8 Å². The summed E-state index contributed by atoms with van der Waals surface area (Å²) < 4.78 is 5.97. The molecule has 0 spiro atoms. The molecule has 124 valence electrons. The molecule has 0 atom stereocenters. The van der Waals surface area contributed by atoms with Crippen molar-refractivity contribution in [2.75, 3.05) is 19.7 Å². The highest BCUT2D eigenvalue weighted by molar-refractivity contribution is 5.43. The van der Waals surface area contributed by atoms with E-state index in [-0.39, 0.29) is 6.61 Å². The lowest BCUT2D eigenvalue weighted by Gasteiger charge is -2.21. The second kappa shape index (κ2) is 8.65. The van der Waals surface area contributed by atoms with Crippen LogP contribution in [-0.4, -0.2) is 34.7 Å². The zero-order valence-electron chi connectivity index (χ0n) is 14.2. The molecule has 1 heterocycles. The fourth-order valence-corrected chi connectivity index (χ4v) is 2.74. The number of likely N-dealkylation sites (N-methyl/N-ethyl adjacent to an activating group) is 1. The van der Waals surface area contributed by atoms with E-state index >= 15 is 0 Å². The summed E-state index contributed by atoms with van der Waals surface area (Å²) in [6.45, 7) is 9.41. The summed E-state index contributed by atoms with van der Waals surface area (Å²) in [6, 6.07) is 10.2. The van der Waals surface area contributed by atoms with Crippen LogP contribution in [0.3, 0.4) is 0 Å². The number of hydrogen-bond donors (Lipinski definition) is 1. The van der Waals surface area contributed by atoms with Crippen LogP contribution in [0.4, 0.5) is 0 Å². The number of hydrogen-bond acceptors (Lipinski definition) is 4. The summed E-state index contributed by atoms with van der Waals surface area (Å²) in [5.74, 6) is 0.935. The SMILES string of the molecule is CCN(CCO)Cc1cc(C)c(OCc2ccccn2)c(C)c1. The molecule has 23 heavy (non-hydrogen) atoms. The molecule has 1 N–H and O–H groups in total. The maximum atomic E-state index is 9.11. The third kappa shape index (κ3) is 5.05. The Labute approximate surface area is 138 Å². The molecule has 1 aromatic carbocycles. The highest BCUT2D eigenvalue weighted by Gasteiger charge is 2.09. The first-order valence-corrected chi connectivity index (χ1v) is 8.10. The lowest BCUT2D eigenvalue weighted by Crippen LogP contribution is -2.26. The van der Waals surface area contributed by atoms with Gasteiger partial charge in [0.2, 0.25) is 0 Å². The van der Waals surface area contributed by atoms with E-state index in [1.807, 2.05) is 18.2 Å². The third-order valence-electron chi connectivity index (χ3n) is 3.88. The zero-order valence-corrected chi connectivity index (χ0v) is 14.2. The first-order chi connectivity index (χ1) is 11.1. The number of aliphatic hydroxyl groups excluding tert-OH is 1. The van der Waals surface area contributed by atoms with E-state index < -0.39 is 0 Å². The predicted molar refractivity (Wildman–Crippen MR) is 92.5 cm³/mol. The van der Waals surface area contributed by atoms with Crippen molar-refractivity contribution in [2.45, 2.75) is 33.9 Å². The van der Waals surface area contributed by atoms with Gasteiger partial charge in [-0.2, -0.15) is 0 Å². The second-order valence-corrected chi connectivity index (χ2v) is 5.76. The van der Waals surface area contributed by atoms with Gasteiger partial charge >= 0.3 is 0 Å². The lowest BCUT2D eigenvalue weighted by molar-refractivity contribution is 0.196. The zero-order chi connectivity index (χ0) is 16.7. The van der Waals surface area contributed by atoms with Crippen molar-refractivity contribution >= 4 is 0 Å². The van der Waals surface area contributed by atoms with Gasteiger partial charge in [0.25, 0.3) is 0 Å². The molecule has 1 aromatic heterocycles. The highest BCUT2D eigenvalue weighted by atomic mass is 16.5. The van der Waals surface area contributed by atoms with Gasteiger partial charge < -0.3 is 9.84 Å². The lowest BCUT2D eigenvalue weighted by atomic mass is 10.1. The van der Waals surface area contributed by atoms with Crippen LogP contribution in [0.1, 0.15) is 29.3 Å². The van der Waals surface area contributed by atoms with Gasteiger partial charge in [0.15, 0.2) is 0 Å². The van der Waals surface area contributed by atoms with Crippen molar-refractivity contribution < 1.29 is 9.84 Å². The number of nitrogens with zero attached hydrogens (tertiary/aromatic N) is 2. The Hall–Kier alpha value is -1.91. The summed E-state index contributed by atoms with van der Waals surface area (Å²) in [7, 11) is 0. The van der Waals surface area contributed by atoms with Crippen molar-refractivity contribution in [1.82, 2.24) is 9.88 Å². The standard InChI is InChI=1S/C19H26N2O2/c1-4-21(9-10-22)13-17-11-15(2)19(16(3)12-17)23-14-18-7-5-6-8-20-18/h5-8,11-12,22H,4,9-10,13-14H2,1-3H3. The molecule has 0 aliphatic heterocycles. The van der Waals surface area contributed by atoms with Gasteiger partial charge in [-0.05, 0) is 49.2 Å². The van der Waals surface area contributed by atoms with Crippen LogP contribution >= 0.6 is 0 Å². The first kappa shape index (κ1) is 17.4. The number of aryl methyl sites for hydroxylation is 2. The van der Waals surface area contributed by atoms with E-state index in [9.17, 15) is 0 Å². The van der Waals surface area contributed by atoms with E-state index in [2.05, 4.69) is 42.8 Å². The molecule has 4 nitrogen and oxygen atoms in total. The number of ether oxygens (including phenoxy) is 1. The maximum Gasteiger partial charge on any atom is 0.130 e. The average Bonchev–Trinajstić information content (AvgIpc) is 2.54. The second-order valence-electron chi connectivity index (χ2n) is 5.76. The number of rotatable bonds is 8. The molecule has 0 fully saturated rings. The van der Waals surface area contributed by atoms with E-state index in [1.165, 1.54) is 5.56 Å². The van der Waals surface area contributed by atoms with Crippen molar-refractivity contribution in [2.24, 2.45) is 0 Å². The van der Waals surface area contributed by atoms with E-state index in [1.54, 1.807) is 6.20 Å². The maximum absolute atomic E-state index is 9.11. The molecular weight excluding hydrogens is 288 g/mol. The fraction of sp³-hybridized carbons (Fsp3) is 0.421. The van der Waals surface area contributed by atoms with E-state index in [0.717, 1.165) is 35.7 Å². The summed E-state index contributed by atoms with van der Waals surface area (Å²) in [5.41, 5.74) is 4.45. The molecule has 0 unspecified atom stereocenters. The van der Waals surface area contributed by atoms with Gasteiger partial charge in [-0.25, -0.2) is 0 Å². The van der Waals surface area contributed by atoms with Crippen LogP contribution in [0.25, 0.3) is 0 Å². The Morgan fingerprint density at radius 1 is 1.17 bits per heavy atom. The highest BCUT2D eigenvalue weighted by Crippen LogP contribution is 2.26. The summed E-state index contributed by atoms with van der Waals surface area (Å²) in [4.78, 5) is 6.51. The van der Waals surface area contributed by atoms with Crippen molar-refractivity contribution in [3.05, 3.63) is 58.9 Å². The van der Waals surface area contributed by atoms with Crippen molar-refractivity contribution in [1.29, 1.82) is 0 Å². The van der Waals surface area contributed by atoms with Crippen LogP contribution < -0.4 is 4.74 Å². The molecule has 0 saturated carbocycles. The van der Waals surface area contributed by atoms with E-state index in [4.69, 9.17) is 9.84 Å². The Balaban J connectivity index is 2.07. The van der Waals surface area contributed by atoms with Crippen molar-refractivity contribution in [3.8, 4) is 5.75 Å². The average molecular weight is 314 g/mol. The topological polar surface area (TPSA) is 45.6 Å². The van der Waals surface area contributed by atoms with Crippen LogP contribution in [-0.2, 0) is 13.2 Å². The minimum absolute atomic E-state index is 0.192. The van der Waals surface area contributed by atoms with Gasteiger partial charge in [0.1, 0.15) is 12.4 Å². The number of benzene rings is 1. The fourth-order valence-electron chi connectivity index (χ4n) is 2.74. The Morgan fingerprint density at radius 3 is 2.48 bits per heavy atom. The van der Waals surface area contributed by atoms with Crippen LogP contribution in [0.2, 0.25) is 0 Å². The quantitative estimate of drug-likeness (QED) is 0.813. The number of pyridine rings is 1. The summed E-state index contributed by atoms with van der Waals surface area (Å²) in [6.07, 6.45) is 1.78. The van der Waals surface area contributed by atoms with E-state index in [0.29, 0.717) is 13.2 Å². The minimum atomic E-state index is 0.192. The predicted octanol–water partition coefficient (Wildman–Crippen LogP) is 3.09. The molecule has 0 saturated heterocycles. The first-order valence-electron chi connectivity index (χ1n) is 8.10. The minimum Gasteiger partial charge on any atom is -0.487 e. The van der Waals surface area contributed by atoms with Crippen molar-refractivity contribution in [3.63, 3.8) is 0 Å².